The maximum Gasteiger partial charge on any atom is 0.331 e. The SMILES string of the molecule is COP(=O)(C[C@@H]1N[C@@H]1c1ccccc1)OC. The molecule has 1 aromatic carbocycles. The van der Waals surface area contributed by atoms with E-state index in [-0.39, 0.29) is 12.1 Å². The maximum atomic E-state index is 11.9. The summed E-state index contributed by atoms with van der Waals surface area (Å²) >= 11 is 0. The molecule has 0 spiro atoms. The van der Waals surface area contributed by atoms with Crippen LogP contribution in [0.25, 0.3) is 0 Å². The first-order valence-electron chi connectivity index (χ1n) is 5.20. The van der Waals surface area contributed by atoms with Crippen LogP contribution >= 0.6 is 7.60 Å². The van der Waals surface area contributed by atoms with Gasteiger partial charge in [0.15, 0.2) is 0 Å². The average molecular weight is 241 g/mol. The second-order valence-corrected chi connectivity index (χ2v) is 6.14. The summed E-state index contributed by atoms with van der Waals surface area (Å²) in [6, 6.07) is 10.6. The number of rotatable bonds is 5. The Balaban J connectivity index is 1.95. The molecule has 1 aliphatic heterocycles. The Morgan fingerprint density at radius 3 is 2.44 bits per heavy atom. The first-order chi connectivity index (χ1) is 7.68. The molecule has 16 heavy (non-hydrogen) atoms. The van der Waals surface area contributed by atoms with Crippen LogP contribution in [0.2, 0.25) is 0 Å². The summed E-state index contributed by atoms with van der Waals surface area (Å²) < 4.78 is 21.7. The van der Waals surface area contributed by atoms with Crippen molar-refractivity contribution in [1.29, 1.82) is 0 Å². The van der Waals surface area contributed by atoms with Crippen LogP contribution in [0, 0.1) is 0 Å². The molecule has 1 aromatic rings. The molecule has 5 heteroatoms. The zero-order valence-corrected chi connectivity index (χ0v) is 10.3. The maximum absolute atomic E-state index is 11.9. The van der Waals surface area contributed by atoms with Gasteiger partial charge >= 0.3 is 7.60 Å². The van der Waals surface area contributed by atoms with Crippen molar-refractivity contribution < 1.29 is 13.6 Å². The van der Waals surface area contributed by atoms with Crippen molar-refractivity contribution in [3.63, 3.8) is 0 Å². The molecular formula is C11H16NO3P. The predicted molar refractivity (Wildman–Crippen MR) is 62.6 cm³/mol. The summed E-state index contributed by atoms with van der Waals surface area (Å²) in [4.78, 5) is 0. The Morgan fingerprint density at radius 2 is 1.88 bits per heavy atom. The first-order valence-corrected chi connectivity index (χ1v) is 6.93. The van der Waals surface area contributed by atoms with Gasteiger partial charge < -0.3 is 14.4 Å². The fourth-order valence-electron chi connectivity index (χ4n) is 1.79. The molecule has 0 radical (unpaired) electrons. The molecule has 1 heterocycles. The van der Waals surface area contributed by atoms with Gasteiger partial charge in [-0.15, -0.1) is 0 Å². The second-order valence-electron chi connectivity index (χ2n) is 3.82. The Morgan fingerprint density at radius 1 is 1.25 bits per heavy atom. The van der Waals surface area contributed by atoms with Crippen LogP contribution in [-0.2, 0) is 13.6 Å². The smallest absolute Gasteiger partial charge is 0.312 e. The van der Waals surface area contributed by atoms with E-state index in [2.05, 4.69) is 17.4 Å². The minimum absolute atomic E-state index is 0.188. The highest BCUT2D eigenvalue weighted by atomic mass is 31.2. The van der Waals surface area contributed by atoms with Gasteiger partial charge in [0.25, 0.3) is 0 Å². The highest BCUT2D eigenvalue weighted by Gasteiger charge is 2.42. The standard InChI is InChI=1S/C11H16NO3P/c1-14-16(13,15-2)8-10-11(12-10)9-6-4-3-5-7-9/h3-7,10-12H,8H2,1-2H3/t10-,11+/m0/s1. The lowest BCUT2D eigenvalue weighted by molar-refractivity contribution is 0.275. The molecule has 1 aliphatic rings. The fourth-order valence-corrected chi connectivity index (χ4v) is 3.03. The van der Waals surface area contributed by atoms with Gasteiger partial charge in [0.05, 0.1) is 6.16 Å². The van der Waals surface area contributed by atoms with Crippen LogP contribution in [0.4, 0.5) is 0 Å². The highest BCUT2D eigenvalue weighted by molar-refractivity contribution is 7.53. The van der Waals surface area contributed by atoms with Crippen LogP contribution in [0.1, 0.15) is 11.6 Å². The van der Waals surface area contributed by atoms with Crippen LogP contribution in [-0.4, -0.2) is 26.4 Å². The zero-order chi connectivity index (χ0) is 11.6. The molecule has 0 amide bonds. The van der Waals surface area contributed by atoms with Crippen molar-refractivity contribution in [2.45, 2.75) is 12.1 Å². The summed E-state index contributed by atoms with van der Waals surface area (Å²) in [5.74, 6) is 0. The predicted octanol–water partition coefficient (Wildman–Crippen LogP) is 2.19. The van der Waals surface area contributed by atoms with Crippen molar-refractivity contribution in [2.75, 3.05) is 20.4 Å². The minimum atomic E-state index is -2.90. The Kier molecular flexibility index (Phi) is 3.45. The quantitative estimate of drug-likeness (QED) is 0.634. The number of hydrogen-bond acceptors (Lipinski definition) is 4. The van der Waals surface area contributed by atoms with Gasteiger partial charge in [0, 0.05) is 26.3 Å². The first kappa shape index (κ1) is 11.8. The zero-order valence-electron chi connectivity index (χ0n) is 9.42. The molecule has 4 nitrogen and oxygen atoms in total. The summed E-state index contributed by atoms with van der Waals surface area (Å²) in [5, 5.41) is 3.28. The molecule has 0 unspecified atom stereocenters. The van der Waals surface area contributed by atoms with E-state index in [1.165, 1.54) is 19.8 Å². The molecule has 0 aliphatic carbocycles. The molecule has 2 atom stereocenters. The molecule has 0 saturated carbocycles. The van der Waals surface area contributed by atoms with Crippen LogP contribution < -0.4 is 5.32 Å². The summed E-state index contributed by atoms with van der Waals surface area (Å²) in [6.45, 7) is 0. The summed E-state index contributed by atoms with van der Waals surface area (Å²) in [6.07, 6.45) is 0.416. The number of benzene rings is 1. The van der Waals surface area contributed by atoms with Crippen LogP contribution in [0.3, 0.4) is 0 Å². The normalized spacial score (nSPS) is 24.4. The molecule has 88 valence electrons. The monoisotopic (exact) mass is 241 g/mol. The Labute approximate surface area is 95.5 Å². The van der Waals surface area contributed by atoms with Gasteiger partial charge in [-0.3, -0.25) is 4.57 Å². The Hall–Kier alpha value is -0.670. The van der Waals surface area contributed by atoms with Crippen LogP contribution in [0.15, 0.2) is 30.3 Å². The van der Waals surface area contributed by atoms with E-state index < -0.39 is 7.60 Å². The van der Waals surface area contributed by atoms with E-state index >= 15 is 0 Å². The molecule has 0 aromatic heterocycles. The molecule has 0 bridgehead atoms. The largest absolute Gasteiger partial charge is 0.331 e. The van der Waals surface area contributed by atoms with Crippen molar-refractivity contribution >= 4 is 7.60 Å². The highest BCUT2D eigenvalue weighted by Crippen LogP contribution is 2.50. The van der Waals surface area contributed by atoms with Gasteiger partial charge in [-0.25, -0.2) is 0 Å². The van der Waals surface area contributed by atoms with Crippen molar-refractivity contribution in [1.82, 2.24) is 5.32 Å². The molecule has 1 fully saturated rings. The number of hydrogen-bond donors (Lipinski definition) is 1. The van der Waals surface area contributed by atoms with E-state index in [9.17, 15) is 4.57 Å². The Bertz CT molecular complexity index is 387. The average Bonchev–Trinajstić information content (AvgIpc) is 3.09. The van der Waals surface area contributed by atoms with Crippen molar-refractivity contribution in [3.8, 4) is 0 Å². The third-order valence-electron chi connectivity index (χ3n) is 2.82. The van der Waals surface area contributed by atoms with Gasteiger partial charge in [-0.2, -0.15) is 0 Å². The van der Waals surface area contributed by atoms with Gasteiger partial charge in [0.1, 0.15) is 0 Å². The van der Waals surface area contributed by atoms with E-state index in [0.29, 0.717) is 6.16 Å². The third-order valence-corrected chi connectivity index (χ3v) is 4.78. The minimum Gasteiger partial charge on any atom is -0.312 e. The second kappa shape index (κ2) is 4.68. The molecule has 1 saturated heterocycles. The summed E-state index contributed by atoms with van der Waals surface area (Å²) in [5.41, 5.74) is 1.21. The summed E-state index contributed by atoms with van der Waals surface area (Å²) in [7, 11) is -0.0534. The van der Waals surface area contributed by atoms with Crippen molar-refractivity contribution in [2.24, 2.45) is 0 Å². The van der Waals surface area contributed by atoms with Gasteiger partial charge in [-0.05, 0) is 5.56 Å². The molecule has 1 N–H and O–H groups in total. The number of nitrogens with one attached hydrogen (secondary N) is 1. The van der Waals surface area contributed by atoms with Crippen molar-refractivity contribution in [3.05, 3.63) is 35.9 Å². The topological polar surface area (TPSA) is 57.5 Å². The lowest BCUT2D eigenvalue weighted by atomic mass is 10.1. The lowest BCUT2D eigenvalue weighted by Crippen LogP contribution is -2.03. The van der Waals surface area contributed by atoms with E-state index in [1.807, 2.05) is 18.2 Å². The lowest BCUT2D eigenvalue weighted by Gasteiger charge is -2.12. The van der Waals surface area contributed by atoms with Crippen LogP contribution in [0.5, 0.6) is 0 Å². The van der Waals surface area contributed by atoms with Gasteiger partial charge in [-0.1, -0.05) is 30.3 Å². The van der Waals surface area contributed by atoms with E-state index in [4.69, 9.17) is 9.05 Å². The molecule has 2 rings (SSSR count). The third kappa shape index (κ3) is 2.53. The fraction of sp³-hybridized carbons (Fsp3) is 0.455. The molecular weight excluding hydrogens is 225 g/mol. The van der Waals surface area contributed by atoms with E-state index in [1.54, 1.807) is 0 Å². The van der Waals surface area contributed by atoms with Gasteiger partial charge in [0.2, 0.25) is 0 Å². The van der Waals surface area contributed by atoms with E-state index in [0.717, 1.165) is 0 Å².